The minimum atomic E-state index is -0.108. The van der Waals surface area contributed by atoms with Gasteiger partial charge in [-0.25, -0.2) is 0 Å². The van der Waals surface area contributed by atoms with Gasteiger partial charge in [-0.2, -0.15) is 0 Å². The smallest absolute Gasteiger partial charge is 0.230 e. The van der Waals surface area contributed by atoms with Crippen LogP contribution in [0.15, 0.2) is 29.3 Å². The van der Waals surface area contributed by atoms with Gasteiger partial charge in [-0.3, -0.25) is 9.79 Å². The summed E-state index contributed by atoms with van der Waals surface area (Å²) in [5, 5.41) is 0. The molecule has 0 saturated carbocycles. The molecule has 82 valence electrons. The molecule has 0 amide bonds. The Hall–Kier alpha value is -1.64. The number of hydrogen-bond acceptors (Lipinski definition) is 3. The van der Waals surface area contributed by atoms with E-state index in [0.717, 1.165) is 24.2 Å². The van der Waals surface area contributed by atoms with Gasteiger partial charge in [0, 0.05) is 12.1 Å². The van der Waals surface area contributed by atoms with Crippen molar-refractivity contribution in [2.45, 2.75) is 25.8 Å². The highest BCUT2D eigenvalue weighted by molar-refractivity contribution is 6.54. The topological polar surface area (TPSA) is 32.7 Å². The number of aliphatic imine (C=N–C) groups is 1. The fraction of sp³-hybridized carbons (Fsp3) is 0.385. The molecular formula is C13H14N2O. The van der Waals surface area contributed by atoms with Crippen molar-refractivity contribution in [2.24, 2.45) is 4.99 Å². The predicted molar refractivity (Wildman–Crippen MR) is 64.2 cm³/mol. The van der Waals surface area contributed by atoms with Crippen LogP contribution in [-0.4, -0.2) is 23.7 Å². The molecule has 0 unspecified atom stereocenters. The lowest BCUT2D eigenvalue weighted by atomic mass is 9.99. The van der Waals surface area contributed by atoms with E-state index in [9.17, 15) is 4.79 Å². The van der Waals surface area contributed by atoms with E-state index in [1.807, 2.05) is 29.2 Å². The maximum atomic E-state index is 12.1. The molecule has 1 aromatic carbocycles. The van der Waals surface area contributed by atoms with Crippen molar-refractivity contribution >= 4 is 17.3 Å². The van der Waals surface area contributed by atoms with Gasteiger partial charge < -0.3 is 4.90 Å². The molecule has 0 bridgehead atoms. The van der Waals surface area contributed by atoms with Crippen LogP contribution in [0.3, 0.4) is 0 Å². The Labute approximate surface area is 94.8 Å². The SMILES string of the molecule is CC1(C)CCN2C(=N1)C(=O)c1ccccc12. The Balaban J connectivity index is 2.17. The van der Waals surface area contributed by atoms with Gasteiger partial charge in [-0.05, 0) is 32.4 Å². The number of fused-ring (bicyclic) bond motifs is 3. The van der Waals surface area contributed by atoms with E-state index in [-0.39, 0.29) is 11.3 Å². The first-order valence-corrected chi connectivity index (χ1v) is 5.60. The highest BCUT2D eigenvalue weighted by atomic mass is 16.1. The summed E-state index contributed by atoms with van der Waals surface area (Å²) in [5.41, 5.74) is 1.70. The first-order valence-electron chi connectivity index (χ1n) is 5.60. The Morgan fingerprint density at radius 3 is 2.88 bits per heavy atom. The van der Waals surface area contributed by atoms with Crippen LogP contribution < -0.4 is 4.90 Å². The molecule has 3 heteroatoms. The Kier molecular flexibility index (Phi) is 1.76. The van der Waals surface area contributed by atoms with Crippen molar-refractivity contribution in [3.8, 4) is 0 Å². The lowest BCUT2D eigenvalue weighted by Gasteiger charge is -2.31. The van der Waals surface area contributed by atoms with Gasteiger partial charge in [0.05, 0.1) is 11.2 Å². The Bertz CT molecular complexity index is 502. The van der Waals surface area contributed by atoms with Gasteiger partial charge in [-0.1, -0.05) is 12.1 Å². The number of carbonyl (C=O) groups is 1. The van der Waals surface area contributed by atoms with Crippen LogP contribution in [0.4, 0.5) is 5.69 Å². The van der Waals surface area contributed by atoms with Crippen LogP contribution >= 0.6 is 0 Å². The van der Waals surface area contributed by atoms with E-state index in [2.05, 4.69) is 18.8 Å². The second kappa shape index (κ2) is 2.94. The fourth-order valence-electron chi connectivity index (χ4n) is 2.32. The van der Waals surface area contributed by atoms with E-state index in [4.69, 9.17) is 0 Å². The molecular weight excluding hydrogens is 200 g/mol. The number of amidine groups is 1. The van der Waals surface area contributed by atoms with Gasteiger partial charge in [0.2, 0.25) is 5.78 Å². The number of carbonyl (C=O) groups excluding carboxylic acids is 1. The van der Waals surface area contributed by atoms with Crippen molar-refractivity contribution in [2.75, 3.05) is 11.4 Å². The average molecular weight is 214 g/mol. The van der Waals surface area contributed by atoms with Crippen molar-refractivity contribution in [3.63, 3.8) is 0 Å². The number of anilines is 1. The van der Waals surface area contributed by atoms with Crippen LogP contribution in [0.2, 0.25) is 0 Å². The molecule has 0 spiro atoms. The third kappa shape index (κ3) is 1.21. The highest BCUT2D eigenvalue weighted by Gasteiger charge is 2.38. The van der Waals surface area contributed by atoms with E-state index < -0.39 is 0 Å². The van der Waals surface area contributed by atoms with Gasteiger partial charge in [0.25, 0.3) is 0 Å². The van der Waals surface area contributed by atoms with Gasteiger partial charge in [0.15, 0.2) is 5.84 Å². The maximum Gasteiger partial charge on any atom is 0.230 e. The van der Waals surface area contributed by atoms with Crippen molar-refractivity contribution in [3.05, 3.63) is 29.8 Å². The molecule has 0 aliphatic carbocycles. The van der Waals surface area contributed by atoms with Crippen LogP contribution in [-0.2, 0) is 0 Å². The zero-order valence-electron chi connectivity index (χ0n) is 9.53. The monoisotopic (exact) mass is 214 g/mol. The lowest BCUT2D eigenvalue weighted by Crippen LogP contribution is -2.41. The number of para-hydroxylation sites is 1. The molecule has 0 fully saturated rings. The molecule has 0 radical (unpaired) electrons. The molecule has 2 heterocycles. The van der Waals surface area contributed by atoms with E-state index in [0.29, 0.717) is 5.84 Å². The minimum absolute atomic E-state index is 0.0726. The molecule has 0 saturated heterocycles. The zero-order valence-corrected chi connectivity index (χ0v) is 9.53. The average Bonchev–Trinajstić information content (AvgIpc) is 2.52. The molecule has 2 aliphatic rings. The first kappa shape index (κ1) is 9.58. The summed E-state index contributed by atoms with van der Waals surface area (Å²) in [6.45, 7) is 5.04. The quantitative estimate of drug-likeness (QED) is 0.663. The largest absolute Gasteiger partial charge is 0.323 e. The number of rotatable bonds is 0. The molecule has 2 aliphatic heterocycles. The van der Waals surface area contributed by atoms with Gasteiger partial charge in [-0.15, -0.1) is 0 Å². The third-order valence-corrected chi connectivity index (χ3v) is 3.25. The molecule has 1 aromatic rings. The third-order valence-electron chi connectivity index (χ3n) is 3.25. The summed E-state index contributed by atoms with van der Waals surface area (Å²) in [6, 6.07) is 7.75. The minimum Gasteiger partial charge on any atom is -0.323 e. The summed E-state index contributed by atoms with van der Waals surface area (Å²) in [4.78, 5) is 18.8. The second-order valence-corrected chi connectivity index (χ2v) is 5.00. The van der Waals surface area contributed by atoms with E-state index in [1.54, 1.807) is 0 Å². The first-order chi connectivity index (χ1) is 7.58. The molecule has 0 aromatic heterocycles. The normalized spacial score (nSPS) is 21.5. The Morgan fingerprint density at radius 2 is 2.06 bits per heavy atom. The van der Waals surface area contributed by atoms with Crippen LogP contribution in [0, 0.1) is 0 Å². The van der Waals surface area contributed by atoms with Crippen molar-refractivity contribution < 1.29 is 4.79 Å². The summed E-state index contributed by atoms with van der Waals surface area (Å²) < 4.78 is 0. The molecule has 3 nitrogen and oxygen atoms in total. The summed E-state index contributed by atoms with van der Waals surface area (Å²) in [6.07, 6.45) is 0.984. The fourth-order valence-corrected chi connectivity index (χ4v) is 2.32. The molecule has 0 N–H and O–H groups in total. The summed E-state index contributed by atoms with van der Waals surface area (Å²) in [7, 11) is 0. The lowest BCUT2D eigenvalue weighted by molar-refractivity contribution is 0.106. The highest BCUT2D eigenvalue weighted by Crippen LogP contribution is 2.34. The van der Waals surface area contributed by atoms with Gasteiger partial charge in [0.1, 0.15) is 0 Å². The molecule has 0 atom stereocenters. The second-order valence-electron chi connectivity index (χ2n) is 5.00. The molecule has 3 rings (SSSR count). The number of benzene rings is 1. The van der Waals surface area contributed by atoms with Crippen LogP contribution in [0.5, 0.6) is 0 Å². The van der Waals surface area contributed by atoms with E-state index >= 15 is 0 Å². The standard InChI is InChI=1S/C13H14N2O/c1-13(2)7-8-15-10-6-4-3-5-9(10)11(16)12(15)14-13/h3-6H,7-8H2,1-2H3. The Morgan fingerprint density at radius 1 is 1.31 bits per heavy atom. The number of hydrogen-bond donors (Lipinski definition) is 0. The van der Waals surface area contributed by atoms with Gasteiger partial charge >= 0.3 is 0 Å². The molecule has 16 heavy (non-hydrogen) atoms. The predicted octanol–water partition coefficient (Wildman–Crippen LogP) is 2.27. The number of Topliss-reactive ketones (excluding diaryl/α,β-unsaturated/α-hetero) is 1. The van der Waals surface area contributed by atoms with Crippen LogP contribution in [0.25, 0.3) is 0 Å². The maximum absolute atomic E-state index is 12.1. The van der Waals surface area contributed by atoms with E-state index in [1.165, 1.54) is 0 Å². The van der Waals surface area contributed by atoms with Crippen molar-refractivity contribution in [1.82, 2.24) is 0 Å². The summed E-state index contributed by atoms with van der Waals surface area (Å²) in [5.74, 6) is 0.695. The summed E-state index contributed by atoms with van der Waals surface area (Å²) >= 11 is 0. The van der Waals surface area contributed by atoms with Crippen LogP contribution in [0.1, 0.15) is 30.6 Å². The van der Waals surface area contributed by atoms with Crippen molar-refractivity contribution in [1.29, 1.82) is 0 Å². The number of ketones is 1. The number of nitrogens with zero attached hydrogens (tertiary/aromatic N) is 2. The zero-order chi connectivity index (χ0) is 11.3.